The molecule has 0 aromatic heterocycles. The molecule has 1 saturated carbocycles. The van der Waals surface area contributed by atoms with Crippen molar-refractivity contribution in [3.8, 4) is 0 Å². The zero-order chi connectivity index (χ0) is 7.14. The van der Waals surface area contributed by atoms with Gasteiger partial charge < -0.3 is 5.11 Å². The minimum absolute atomic E-state index is 0.0556. The molecule has 1 fully saturated rings. The molecule has 2 aliphatic carbocycles. The normalized spacial score (nSPS) is 36.2. The molecule has 0 aromatic carbocycles. The molecule has 0 heterocycles. The van der Waals surface area contributed by atoms with Crippen LogP contribution in [0.3, 0.4) is 0 Å². The molecular formula is C8H10O2. The van der Waals surface area contributed by atoms with Gasteiger partial charge in [-0.3, -0.25) is 4.79 Å². The number of aliphatic carboxylic acids is 1. The number of carbonyl (C=O) groups is 1. The molecular weight excluding hydrogens is 128 g/mol. The van der Waals surface area contributed by atoms with Gasteiger partial charge in [0.25, 0.3) is 0 Å². The van der Waals surface area contributed by atoms with E-state index in [-0.39, 0.29) is 5.92 Å². The zero-order valence-corrected chi connectivity index (χ0v) is 5.71. The number of carboxylic acid groups (broad SMARTS) is 1. The molecule has 0 saturated heterocycles. The summed E-state index contributed by atoms with van der Waals surface area (Å²) in [6.45, 7) is 0. The molecule has 2 rings (SSSR count). The van der Waals surface area contributed by atoms with Crippen LogP contribution >= 0.6 is 0 Å². The number of hydrogen-bond donors (Lipinski definition) is 1. The van der Waals surface area contributed by atoms with E-state index in [1.165, 1.54) is 5.57 Å². The lowest BCUT2D eigenvalue weighted by molar-refractivity contribution is -0.142. The first-order valence-electron chi connectivity index (χ1n) is 3.68. The molecule has 0 aliphatic heterocycles. The predicted octanol–water partition coefficient (Wildman–Crippen LogP) is 1.43. The third-order valence-electron chi connectivity index (χ3n) is 2.60. The van der Waals surface area contributed by atoms with E-state index in [0.29, 0.717) is 5.92 Å². The summed E-state index contributed by atoms with van der Waals surface area (Å²) in [5, 5.41) is 8.71. The average molecular weight is 138 g/mol. The molecule has 10 heavy (non-hydrogen) atoms. The molecule has 2 atom stereocenters. The molecule has 0 amide bonds. The Kier molecular flexibility index (Phi) is 1.10. The maximum Gasteiger partial charge on any atom is 0.307 e. The van der Waals surface area contributed by atoms with Crippen molar-refractivity contribution in [1.29, 1.82) is 0 Å². The second kappa shape index (κ2) is 1.84. The van der Waals surface area contributed by atoms with Crippen molar-refractivity contribution in [2.45, 2.75) is 19.3 Å². The molecule has 0 radical (unpaired) electrons. The largest absolute Gasteiger partial charge is 0.481 e. The van der Waals surface area contributed by atoms with Gasteiger partial charge in [-0.1, -0.05) is 11.6 Å². The quantitative estimate of drug-likeness (QED) is 0.556. The van der Waals surface area contributed by atoms with Crippen molar-refractivity contribution in [1.82, 2.24) is 0 Å². The lowest BCUT2D eigenvalue weighted by Crippen LogP contribution is -2.18. The second-order valence-corrected chi connectivity index (χ2v) is 3.21. The first-order chi connectivity index (χ1) is 4.77. The maximum absolute atomic E-state index is 10.6. The van der Waals surface area contributed by atoms with Gasteiger partial charge in [-0.25, -0.2) is 0 Å². The summed E-state index contributed by atoms with van der Waals surface area (Å²) in [6.07, 6.45) is 5.08. The third kappa shape index (κ3) is 0.681. The Morgan fingerprint density at radius 3 is 2.70 bits per heavy atom. The number of rotatable bonds is 1. The number of fused-ring (bicyclic) bond motifs is 2. The minimum atomic E-state index is -0.604. The highest BCUT2D eigenvalue weighted by Gasteiger charge is 2.38. The van der Waals surface area contributed by atoms with E-state index in [2.05, 4.69) is 6.08 Å². The first kappa shape index (κ1) is 5.96. The fourth-order valence-corrected chi connectivity index (χ4v) is 2.03. The van der Waals surface area contributed by atoms with Crippen molar-refractivity contribution in [2.24, 2.45) is 11.8 Å². The molecule has 2 aliphatic rings. The van der Waals surface area contributed by atoms with Crippen molar-refractivity contribution < 1.29 is 9.90 Å². The summed E-state index contributed by atoms with van der Waals surface area (Å²) in [7, 11) is 0. The Bertz CT molecular complexity index is 205. The molecule has 2 bridgehead atoms. The van der Waals surface area contributed by atoms with E-state index >= 15 is 0 Å². The van der Waals surface area contributed by atoms with Crippen LogP contribution in [0.25, 0.3) is 0 Å². The second-order valence-electron chi connectivity index (χ2n) is 3.21. The van der Waals surface area contributed by atoms with Gasteiger partial charge in [0.1, 0.15) is 0 Å². The van der Waals surface area contributed by atoms with Gasteiger partial charge in [0.2, 0.25) is 0 Å². The molecule has 2 heteroatoms. The summed E-state index contributed by atoms with van der Waals surface area (Å²) in [5.41, 5.74) is 1.37. The number of allylic oxidation sites excluding steroid dienone is 2. The van der Waals surface area contributed by atoms with E-state index in [9.17, 15) is 4.79 Å². The van der Waals surface area contributed by atoms with E-state index in [1.807, 2.05) is 0 Å². The monoisotopic (exact) mass is 138 g/mol. The van der Waals surface area contributed by atoms with Gasteiger partial charge in [0.05, 0.1) is 5.92 Å². The molecule has 2 unspecified atom stereocenters. The topological polar surface area (TPSA) is 37.3 Å². The summed E-state index contributed by atoms with van der Waals surface area (Å²) in [5.74, 6) is -0.222. The standard InChI is InChI=1S/C8H10O2/c9-8(10)7-4-5-1-2-6(7)3-5/h1,6-7H,2-4H2,(H,9,10). The average Bonchev–Trinajstić information content (AvgIpc) is 2.44. The van der Waals surface area contributed by atoms with Gasteiger partial charge >= 0.3 is 5.97 Å². The van der Waals surface area contributed by atoms with Gasteiger partial charge in [0.15, 0.2) is 0 Å². The van der Waals surface area contributed by atoms with E-state index in [1.54, 1.807) is 0 Å². The van der Waals surface area contributed by atoms with Crippen LogP contribution in [0.2, 0.25) is 0 Å². The van der Waals surface area contributed by atoms with Crippen molar-refractivity contribution in [3.63, 3.8) is 0 Å². The highest BCUT2D eigenvalue weighted by atomic mass is 16.4. The lowest BCUT2D eigenvalue weighted by atomic mass is 9.92. The van der Waals surface area contributed by atoms with E-state index in [4.69, 9.17) is 5.11 Å². The van der Waals surface area contributed by atoms with Gasteiger partial charge in [0, 0.05) is 0 Å². The van der Waals surface area contributed by atoms with Crippen LogP contribution in [0.4, 0.5) is 0 Å². The fourth-order valence-electron chi connectivity index (χ4n) is 2.03. The minimum Gasteiger partial charge on any atom is -0.481 e. The Hall–Kier alpha value is -0.790. The Balaban J connectivity index is 2.17. The Morgan fingerprint density at radius 1 is 1.60 bits per heavy atom. The van der Waals surface area contributed by atoms with Crippen LogP contribution in [-0.4, -0.2) is 11.1 Å². The van der Waals surface area contributed by atoms with Crippen LogP contribution in [0.15, 0.2) is 11.6 Å². The molecule has 2 nitrogen and oxygen atoms in total. The van der Waals surface area contributed by atoms with Gasteiger partial charge in [-0.05, 0) is 25.2 Å². The number of hydrogen-bond acceptors (Lipinski definition) is 1. The van der Waals surface area contributed by atoms with E-state index in [0.717, 1.165) is 19.3 Å². The Labute approximate surface area is 59.5 Å². The molecule has 0 aromatic rings. The highest BCUT2D eigenvalue weighted by molar-refractivity contribution is 5.72. The van der Waals surface area contributed by atoms with E-state index < -0.39 is 5.97 Å². The first-order valence-corrected chi connectivity index (χ1v) is 3.68. The molecule has 1 N–H and O–H groups in total. The summed E-state index contributed by atoms with van der Waals surface area (Å²) in [4.78, 5) is 10.6. The van der Waals surface area contributed by atoms with Crippen molar-refractivity contribution >= 4 is 5.97 Å². The summed E-state index contributed by atoms with van der Waals surface area (Å²) < 4.78 is 0. The van der Waals surface area contributed by atoms with Gasteiger partial charge in [-0.15, -0.1) is 0 Å². The van der Waals surface area contributed by atoms with Crippen molar-refractivity contribution in [3.05, 3.63) is 11.6 Å². The van der Waals surface area contributed by atoms with Crippen LogP contribution in [-0.2, 0) is 4.79 Å². The van der Waals surface area contributed by atoms with Crippen LogP contribution in [0, 0.1) is 11.8 Å². The fraction of sp³-hybridized carbons (Fsp3) is 0.625. The number of carboxylic acids is 1. The van der Waals surface area contributed by atoms with Crippen LogP contribution in [0.5, 0.6) is 0 Å². The predicted molar refractivity (Wildman–Crippen MR) is 36.5 cm³/mol. The maximum atomic E-state index is 10.6. The van der Waals surface area contributed by atoms with Crippen LogP contribution in [0.1, 0.15) is 19.3 Å². The molecule has 54 valence electrons. The third-order valence-corrected chi connectivity index (χ3v) is 2.60. The Morgan fingerprint density at radius 2 is 2.40 bits per heavy atom. The SMILES string of the molecule is O=C(O)C1CC2=CCC1C2. The zero-order valence-electron chi connectivity index (χ0n) is 5.71. The van der Waals surface area contributed by atoms with Crippen molar-refractivity contribution in [2.75, 3.05) is 0 Å². The summed E-state index contributed by atoms with van der Waals surface area (Å²) >= 11 is 0. The van der Waals surface area contributed by atoms with Crippen LogP contribution < -0.4 is 0 Å². The lowest BCUT2D eigenvalue weighted by Gasteiger charge is -2.12. The highest BCUT2D eigenvalue weighted by Crippen LogP contribution is 2.43. The smallest absolute Gasteiger partial charge is 0.307 e. The van der Waals surface area contributed by atoms with Gasteiger partial charge in [-0.2, -0.15) is 0 Å². The summed E-state index contributed by atoms with van der Waals surface area (Å²) in [6, 6.07) is 0. The molecule has 0 spiro atoms.